The lowest BCUT2D eigenvalue weighted by Gasteiger charge is -2.34. The highest BCUT2D eigenvalue weighted by molar-refractivity contribution is 7.89. The molecule has 0 N–H and O–H groups in total. The van der Waals surface area contributed by atoms with E-state index in [0.717, 1.165) is 5.56 Å². The van der Waals surface area contributed by atoms with Crippen LogP contribution in [0.1, 0.15) is 27.4 Å². The molecule has 1 aliphatic rings. The van der Waals surface area contributed by atoms with E-state index in [1.54, 1.807) is 37.1 Å². The average molecular weight is 430 g/mol. The van der Waals surface area contributed by atoms with Gasteiger partial charge in [-0.1, -0.05) is 17.3 Å². The number of rotatable bonds is 5. The second-order valence-electron chi connectivity index (χ2n) is 7.25. The van der Waals surface area contributed by atoms with Crippen molar-refractivity contribution in [1.29, 1.82) is 0 Å². The van der Waals surface area contributed by atoms with Gasteiger partial charge in [-0.25, -0.2) is 8.42 Å². The number of benzene rings is 1. The average Bonchev–Trinajstić information content (AvgIpc) is 3.37. The summed E-state index contributed by atoms with van der Waals surface area (Å²) in [5, 5.41) is 7.92. The second-order valence-corrected chi connectivity index (χ2v) is 9.12. The van der Waals surface area contributed by atoms with Gasteiger partial charge in [0.25, 0.3) is 5.91 Å². The Morgan fingerprint density at radius 1 is 1.10 bits per heavy atom. The van der Waals surface area contributed by atoms with Gasteiger partial charge in [0, 0.05) is 44.1 Å². The highest BCUT2D eigenvalue weighted by Crippen LogP contribution is 2.24. The van der Waals surface area contributed by atoms with Crippen LogP contribution in [0.5, 0.6) is 0 Å². The molecule has 0 saturated carbocycles. The first-order valence-corrected chi connectivity index (χ1v) is 11.1. The van der Waals surface area contributed by atoms with Crippen LogP contribution in [0.15, 0.2) is 52.1 Å². The number of aryl methyl sites for hydroxylation is 2. The maximum absolute atomic E-state index is 12.9. The van der Waals surface area contributed by atoms with Crippen LogP contribution in [0, 0.1) is 13.8 Å². The van der Waals surface area contributed by atoms with Gasteiger partial charge in [0.2, 0.25) is 10.0 Å². The summed E-state index contributed by atoms with van der Waals surface area (Å²) in [6.45, 7) is 4.96. The Labute approximate surface area is 174 Å². The van der Waals surface area contributed by atoms with Gasteiger partial charge in [-0.3, -0.25) is 9.48 Å². The predicted octanol–water partition coefficient (Wildman–Crippen LogP) is 1.68. The van der Waals surface area contributed by atoms with Crippen LogP contribution in [0.2, 0.25) is 0 Å². The molecule has 0 bridgehead atoms. The first kappa shape index (κ1) is 20.3. The van der Waals surface area contributed by atoms with Crippen molar-refractivity contribution in [3.05, 3.63) is 65.3 Å². The van der Waals surface area contributed by atoms with Gasteiger partial charge in [-0.15, -0.1) is 0 Å². The van der Waals surface area contributed by atoms with Crippen molar-refractivity contribution in [2.75, 3.05) is 26.2 Å². The Bertz CT molecular complexity index is 1110. The molecule has 0 radical (unpaired) electrons. The lowest BCUT2D eigenvalue weighted by atomic mass is 10.1. The van der Waals surface area contributed by atoms with Crippen LogP contribution in [-0.2, 0) is 16.6 Å². The number of nitrogens with zero attached hydrogens (tertiary/aromatic N) is 5. The largest absolute Gasteiger partial charge is 0.360 e. The van der Waals surface area contributed by atoms with E-state index >= 15 is 0 Å². The predicted molar refractivity (Wildman–Crippen MR) is 108 cm³/mol. The van der Waals surface area contributed by atoms with Crippen LogP contribution in [0.3, 0.4) is 0 Å². The van der Waals surface area contributed by atoms with E-state index in [9.17, 15) is 13.2 Å². The molecule has 4 rings (SSSR count). The summed E-state index contributed by atoms with van der Waals surface area (Å²) in [5.41, 5.74) is 1.98. The Balaban J connectivity index is 1.39. The summed E-state index contributed by atoms with van der Waals surface area (Å²) in [7, 11) is -3.69. The van der Waals surface area contributed by atoms with Gasteiger partial charge in [-0.2, -0.15) is 9.40 Å². The molecule has 1 amide bonds. The van der Waals surface area contributed by atoms with Gasteiger partial charge >= 0.3 is 0 Å². The van der Waals surface area contributed by atoms with Gasteiger partial charge in [-0.05, 0) is 37.6 Å². The number of amides is 1. The SMILES string of the molecule is Cc1noc(C)c1S(=O)(=O)N1CCN(C(=O)c2ccc(Cn3cccn3)cc2)CC1. The Morgan fingerprint density at radius 3 is 2.37 bits per heavy atom. The summed E-state index contributed by atoms with van der Waals surface area (Å²) < 4.78 is 34.0. The lowest BCUT2D eigenvalue weighted by molar-refractivity contribution is 0.0697. The van der Waals surface area contributed by atoms with Crippen molar-refractivity contribution < 1.29 is 17.7 Å². The van der Waals surface area contributed by atoms with Crippen LogP contribution in [-0.4, -0.2) is 64.6 Å². The molecule has 30 heavy (non-hydrogen) atoms. The second kappa shape index (κ2) is 8.04. The normalized spacial score (nSPS) is 15.5. The zero-order chi connectivity index (χ0) is 21.3. The zero-order valence-electron chi connectivity index (χ0n) is 16.9. The lowest BCUT2D eigenvalue weighted by Crippen LogP contribution is -2.50. The molecule has 3 aromatic rings. The van der Waals surface area contributed by atoms with E-state index in [-0.39, 0.29) is 29.7 Å². The van der Waals surface area contributed by atoms with E-state index in [2.05, 4.69) is 10.3 Å². The number of carbonyl (C=O) groups excluding carboxylic acids is 1. The maximum Gasteiger partial charge on any atom is 0.253 e. The molecule has 10 heteroatoms. The topological polar surface area (TPSA) is 102 Å². The van der Waals surface area contributed by atoms with Crippen LogP contribution >= 0.6 is 0 Å². The quantitative estimate of drug-likeness (QED) is 0.612. The summed E-state index contributed by atoms with van der Waals surface area (Å²) in [6.07, 6.45) is 3.61. The molecule has 1 aliphatic heterocycles. The van der Waals surface area contributed by atoms with Crippen molar-refractivity contribution in [3.8, 4) is 0 Å². The van der Waals surface area contributed by atoms with Crippen molar-refractivity contribution in [1.82, 2.24) is 24.1 Å². The fourth-order valence-corrected chi connectivity index (χ4v) is 5.33. The molecule has 3 heterocycles. The maximum atomic E-state index is 12.9. The third-order valence-electron chi connectivity index (χ3n) is 5.20. The molecule has 158 valence electrons. The number of sulfonamides is 1. The monoisotopic (exact) mass is 429 g/mol. The summed E-state index contributed by atoms with van der Waals surface area (Å²) >= 11 is 0. The Hall–Kier alpha value is -2.98. The smallest absolute Gasteiger partial charge is 0.253 e. The number of hydrogen-bond donors (Lipinski definition) is 0. The summed E-state index contributed by atoms with van der Waals surface area (Å²) in [5.74, 6) is 0.177. The van der Waals surface area contributed by atoms with Crippen LogP contribution < -0.4 is 0 Å². The molecule has 0 atom stereocenters. The van der Waals surface area contributed by atoms with Crippen molar-refractivity contribution in [2.24, 2.45) is 0 Å². The first-order valence-electron chi connectivity index (χ1n) is 9.65. The third-order valence-corrected chi connectivity index (χ3v) is 7.34. The molecule has 2 aromatic heterocycles. The van der Waals surface area contributed by atoms with Crippen molar-refractivity contribution in [3.63, 3.8) is 0 Å². The minimum atomic E-state index is -3.69. The van der Waals surface area contributed by atoms with E-state index < -0.39 is 10.0 Å². The minimum Gasteiger partial charge on any atom is -0.360 e. The Kier molecular flexibility index (Phi) is 5.44. The van der Waals surface area contributed by atoms with Crippen LogP contribution in [0.25, 0.3) is 0 Å². The molecule has 0 spiro atoms. The van der Waals surface area contributed by atoms with E-state index in [0.29, 0.717) is 30.9 Å². The Morgan fingerprint density at radius 2 is 1.80 bits per heavy atom. The number of hydrogen-bond acceptors (Lipinski definition) is 6. The van der Waals surface area contributed by atoms with Crippen molar-refractivity contribution in [2.45, 2.75) is 25.3 Å². The fourth-order valence-electron chi connectivity index (χ4n) is 3.62. The van der Waals surface area contributed by atoms with E-state index in [1.807, 2.05) is 29.1 Å². The number of piperazine rings is 1. The van der Waals surface area contributed by atoms with Crippen LogP contribution in [0.4, 0.5) is 0 Å². The van der Waals surface area contributed by atoms with E-state index in [4.69, 9.17) is 4.52 Å². The van der Waals surface area contributed by atoms with Crippen molar-refractivity contribution >= 4 is 15.9 Å². The molecular weight excluding hydrogens is 406 g/mol. The number of aromatic nitrogens is 3. The number of carbonyl (C=O) groups is 1. The molecule has 1 saturated heterocycles. The van der Waals surface area contributed by atoms with Gasteiger partial charge in [0.05, 0.1) is 6.54 Å². The molecule has 9 nitrogen and oxygen atoms in total. The molecule has 1 aromatic carbocycles. The van der Waals surface area contributed by atoms with Gasteiger partial charge in [0.1, 0.15) is 10.6 Å². The fraction of sp³-hybridized carbons (Fsp3) is 0.350. The molecule has 0 unspecified atom stereocenters. The van der Waals surface area contributed by atoms with E-state index in [1.165, 1.54) is 4.31 Å². The zero-order valence-corrected chi connectivity index (χ0v) is 17.7. The minimum absolute atomic E-state index is 0.102. The first-order chi connectivity index (χ1) is 14.4. The van der Waals surface area contributed by atoms with Gasteiger partial charge < -0.3 is 9.42 Å². The highest BCUT2D eigenvalue weighted by Gasteiger charge is 2.34. The third kappa shape index (κ3) is 3.88. The highest BCUT2D eigenvalue weighted by atomic mass is 32.2. The molecule has 1 fully saturated rings. The molecule has 0 aliphatic carbocycles. The summed E-state index contributed by atoms with van der Waals surface area (Å²) in [6, 6.07) is 9.28. The summed E-state index contributed by atoms with van der Waals surface area (Å²) in [4.78, 5) is 14.6. The van der Waals surface area contributed by atoms with Gasteiger partial charge in [0.15, 0.2) is 5.76 Å². The standard InChI is InChI=1S/C20H23N5O4S/c1-15-19(16(2)29-22-15)30(27,28)25-12-10-23(11-13-25)20(26)18-6-4-17(5-7-18)14-24-9-3-8-21-24/h3-9H,10-14H2,1-2H3. The molecular formula is C20H23N5O4S.